The van der Waals surface area contributed by atoms with E-state index in [1.54, 1.807) is 6.08 Å². The Hall–Kier alpha value is -1.58. The molecule has 0 radical (unpaired) electrons. The molecule has 24 heavy (non-hydrogen) atoms. The topological polar surface area (TPSA) is 50.4 Å². The van der Waals surface area contributed by atoms with Gasteiger partial charge in [-0.15, -0.1) is 5.73 Å². The molecule has 5 heteroatoms. The molecule has 2 aliphatic carbocycles. The maximum absolute atomic E-state index is 13.1. The third-order valence-electron chi connectivity index (χ3n) is 4.68. The summed E-state index contributed by atoms with van der Waals surface area (Å²) in [6.07, 6.45) is 12.3. The molecule has 1 fully saturated rings. The Morgan fingerprint density at radius 1 is 1.46 bits per heavy atom. The third kappa shape index (κ3) is 6.14. The molecule has 134 valence electrons. The van der Waals surface area contributed by atoms with Gasteiger partial charge in [-0.1, -0.05) is 12.5 Å². The standard InChI is InChI=1S/C19H29FN2O2/c1-24-15-17(20)10-4-2-3-5-13-21-18(23)22-19-11-6-8-16(14-19)9-7-12-19/h6,10H,2-5,7,9,11-15H2,1H3,(H2,21,22,23)/b17-10-. The maximum Gasteiger partial charge on any atom is 0.315 e. The van der Waals surface area contributed by atoms with Gasteiger partial charge < -0.3 is 15.4 Å². The number of urea groups is 1. The lowest BCUT2D eigenvalue weighted by Crippen LogP contribution is -2.53. The summed E-state index contributed by atoms with van der Waals surface area (Å²) in [7, 11) is 1.48. The zero-order chi connectivity index (χ0) is 17.3. The number of carbonyl (C=O) groups excluding carboxylic acids is 1. The Balaban J connectivity index is 1.56. The Labute approximate surface area is 144 Å². The molecule has 1 saturated carbocycles. The van der Waals surface area contributed by atoms with Crippen LogP contribution >= 0.6 is 0 Å². The Morgan fingerprint density at radius 2 is 2.33 bits per heavy atom. The van der Waals surface area contributed by atoms with Crippen molar-refractivity contribution in [2.45, 2.75) is 63.3 Å². The fourth-order valence-corrected chi connectivity index (χ4v) is 3.46. The lowest BCUT2D eigenvalue weighted by molar-refractivity contribution is 0.206. The van der Waals surface area contributed by atoms with Gasteiger partial charge in [-0.2, -0.15) is 0 Å². The SMILES string of the molecule is COC/C(F)=C/CCCCCNC(=O)NC12CC=C=C(CCC1)C2. The van der Waals surface area contributed by atoms with E-state index in [9.17, 15) is 9.18 Å². The molecule has 0 aromatic rings. The predicted octanol–water partition coefficient (Wildman–Crippen LogP) is 4.14. The van der Waals surface area contributed by atoms with Gasteiger partial charge in [0.1, 0.15) is 5.83 Å². The van der Waals surface area contributed by atoms with Crippen LogP contribution in [0.15, 0.2) is 29.3 Å². The van der Waals surface area contributed by atoms with E-state index in [4.69, 9.17) is 4.74 Å². The second-order valence-electron chi connectivity index (χ2n) is 6.78. The van der Waals surface area contributed by atoms with Crippen LogP contribution in [0, 0.1) is 0 Å². The van der Waals surface area contributed by atoms with Gasteiger partial charge in [0.15, 0.2) is 0 Å². The molecule has 1 unspecified atom stereocenters. The van der Waals surface area contributed by atoms with Gasteiger partial charge in [-0.05, 0) is 63.0 Å². The summed E-state index contributed by atoms with van der Waals surface area (Å²) in [6.45, 7) is 0.709. The van der Waals surface area contributed by atoms with E-state index < -0.39 is 0 Å². The van der Waals surface area contributed by atoms with E-state index in [-0.39, 0.29) is 24.0 Å². The molecule has 0 heterocycles. The number of unbranched alkanes of at least 4 members (excludes halogenated alkanes) is 3. The van der Waals surface area contributed by atoms with Crippen LogP contribution in [-0.4, -0.2) is 31.8 Å². The number of halogens is 1. The number of allylic oxidation sites excluding steroid dienone is 1. The first kappa shape index (κ1) is 18.8. The molecule has 0 spiro atoms. The number of rotatable bonds is 9. The van der Waals surface area contributed by atoms with E-state index in [1.165, 1.54) is 12.7 Å². The maximum atomic E-state index is 13.1. The van der Waals surface area contributed by atoms with Crippen molar-refractivity contribution in [1.82, 2.24) is 10.6 Å². The highest BCUT2D eigenvalue weighted by molar-refractivity contribution is 5.75. The average Bonchev–Trinajstić information content (AvgIpc) is 2.54. The van der Waals surface area contributed by atoms with E-state index in [2.05, 4.69) is 22.4 Å². The van der Waals surface area contributed by atoms with Crippen molar-refractivity contribution in [1.29, 1.82) is 0 Å². The molecule has 0 aliphatic heterocycles. The first-order valence-corrected chi connectivity index (χ1v) is 8.96. The number of hydrogen-bond donors (Lipinski definition) is 2. The monoisotopic (exact) mass is 336 g/mol. The summed E-state index contributed by atoms with van der Waals surface area (Å²) in [5, 5.41) is 6.12. The van der Waals surface area contributed by atoms with Crippen LogP contribution < -0.4 is 10.6 Å². The fourth-order valence-electron chi connectivity index (χ4n) is 3.46. The molecule has 2 rings (SSSR count). The van der Waals surface area contributed by atoms with E-state index in [0.717, 1.165) is 51.4 Å². The fraction of sp³-hybridized carbons (Fsp3) is 0.684. The number of amides is 2. The van der Waals surface area contributed by atoms with Crippen molar-refractivity contribution in [2.75, 3.05) is 20.3 Å². The highest BCUT2D eigenvalue weighted by Gasteiger charge is 2.35. The van der Waals surface area contributed by atoms with Crippen molar-refractivity contribution >= 4 is 6.03 Å². The van der Waals surface area contributed by atoms with Gasteiger partial charge in [0, 0.05) is 13.7 Å². The number of nitrogens with one attached hydrogen (secondary N) is 2. The molecule has 2 N–H and O–H groups in total. The summed E-state index contributed by atoms with van der Waals surface area (Å²) in [5.41, 5.74) is 4.56. The quantitative estimate of drug-likeness (QED) is 0.491. The average molecular weight is 336 g/mol. The second kappa shape index (κ2) is 9.65. The number of fused-ring (bicyclic) bond motifs is 2. The van der Waals surface area contributed by atoms with Crippen LogP contribution in [0.1, 0.15) is 57.8 Å². The van der Waals surface area contributed by atoms with Gasteiger partial charge in [-0.25, -0.2) is 9.18 Å². The second-order valence-corrected chi connectivity index (χ2v) is 6.78. The summed E-state index contributed by atoms with van der Waals surface area (Å²) < 4.78 is 17.8. The van der Waals surface area contributed by atoms with Crippen LogP contribution in [0.2, 0.25) is 0 Å². The van der Waals surface area contributed by atoms with Crippen LogP contribution in [0.5, 0.6) is 0 Å². The van der Waals surface area contributed by atoms with Gasteiger partial charge >= 0.3 is 6.03 Å². The summed E-state index contributed by atoms with van der Waals surface area (Å²) in [4.78, 5) is 12.1. The molecule has 0 aromatic heterocycles. The molecule has 0 aromatic carbocycles. The first-order valence-electron chi connectivity index (χ1n) is 8.96. The van der Waals surface area contributed by atoms with Crippen molar-refractivity contribution in [3.63, 3.8) is 0 Å². The van der Waals surface area contributed by atoms with Crippen molar-refractivity contribution in [2.24, 2.45) is 0 Å². The highest BCUT2D eigenvalue weighted by atomic mass is 19.1. The molecule has 2 amide bonds. The molecule has 2 aliphatic rings. The minimum atomic E-state index is -0.211. The third-order valence-corrected chi connectivity index (χ3v) is 4.68. The van der Waals surface area contributed by atoms with Crippen LogP contribution in [0.4, 0.5) is 9.18 Å². The molecule has 0 saturated heterocycles. The zero-order valence-corrected chi connectivity index (χ0v) is 14.6. The predicted molar refractivity (Wildman–Crippen MR) is 93.5 cm³/mol. The number of hydrogen-bond acceptors (Lipinski definition) is 2. The zero-order valence-electron chi connectivity index (χ0n) is 14.6. The molecular formula is C19H29FN2O2. The van der Waals surface area contributed by atoms with Gasteiger partial charge in [-0.3, -0.25) is 0 Å². The summed E-state index contributed by atoms with van der Waals surface area (Å²) in [6, 6.07) is -0.0717. The van der Waals surface area contributed by atoms with Crippen LogP contribution in [-0.2, 0) is 4.74 Å². The van der Waals surface area contributed by atoms with Crippen molar-refractivity contribution in [3.8, 4) is 0 Å². The minimum absolute atomic E-state index is 0.0512. The van der Waals surface area contributed by atoms with Gasteiger partial charge in [0.2, 0.25) is 0 Å². The number of carbonyl (C=O) groups is 1. The largest absolute Gasteiger partial charge is 0.378 e. The molecule has 4 nitrogen and oxygen atoms in total. The first-order chi connectivity index (χ1) is 11.6. The normalized spacial score (nSPS) is 22.9. The Bertz CT molecular complexity index is 523. The van der Waals surface area contributed by atoms with Crippen LogP contribution in [0.25, 0.3) is 0 Å². The lowest BCUT2D eigenvalue weighted by Gasteiger charge is -2.39. The van der Waals surface area contributed by atoms with Crippen molar-refractivity contribution < 1.29 is 13.9 Å². The minimum Gasteiger partial charge on any atom is -0.378 e. The summed E-state index contributed by atoms with van der Waals surface area (Å²) >= 11 is 0. The Kier molecular flexibility index (Phi) is 7.54. The van der Waals surface area contributed by atoms with Gasteiger partial charge in [0.05, 0.1) is 12.1 Å². The van der Waals surface area contributed by atoms with E-state index >= 15 is 0 Å². The number of ether oxygens (including phenoxy) is 1. The van der Waals surface area contributed by atoms with Gasteiger partial charge in [0.25, 0.3) is 0 Å². The number of methoxy groups -OCH3 is 1. The smallest absolute Gasteiger partial charge is 0.315 e. The van der Waals surface area contributed by atoms with Crippen LogP contribution in [0.3, 0.4) is 0 Å². The Morgan fingerprint density at radius 3 is 3.17 bits per heavy atom. The molecular weight excluding hydrogens is 307 g/mol. The van der Waals surface area contributed by atoms with E-state index in [1.807, 2.05) is 0 Å². The summed E-state index contributed by atoms with van der Waals surface area (Å²) in [5.74, 6) is -0.211. The lowest BCUT2D eigenvalue weighted by atomic mass is 9.75. The molecule has 2 bridgehead atoms. The van der Waals surface area contributed by atoms with Crippen molar-refractivity contribution in [3.05, 3.63) is 29.3 Å². The molecule has 1 atom stereocenters. The highest BCUT2D eigenvalue weighted by Crippen LogP contribution is 2.36. The van der Waals surface area contributed by atoms with E-state index in [0.29, 0.717) is 13.0 Å².